The first-order chi connectivity index (χ1) is 4.83. The number of likely N-dealkylation sites (tertiary alicyclic amines) is 1. The maximum absolute atomic E-state index is 9.11. The van der Waals surface area contributed by atoms with E-state index in [2.05, 4.69) is 16.7 Å². The predicted molar refractivity (Wildman–Crippen MR) is 40.5 cm³/mol. The molecule has 10 heavy (non-hydrogen) atoms. The molecule has 0 aliphatic carbocycles. The van der Waals surface area contributed by atoms with Gasteiger partial charge in [0.2, 0.25) is 0 Å². The lowest BCUT2D eigenvalue weighted by atomic mass is 10.3. The van der Waals surface area contributed by atoms with E-state index < -0.39 is 0 Å². The molecule has 2 nitrogen and oxygen atoms in total. The second-order valence-electron chi connectivity index (χ2n) is 2.60. The Balaban J connectivity index is 2.22. The third kappa shape index (κ3) is 2.02. The molecule has 0 amide bonds. The van der Waals surface area contributed by atoms with Crippen molar-refractivity contribution in [3.8, 4) is 11.8 Å². The summed E-state index contributed by atoms with van der Waals surface area (Å²) in [6.45, 7) is 4.45. The van der Waals surface area contributed by atoms with Crippen LogP contribution in [0.25, 0.3) is 0 Å². The average Bonchev–Trinajstić information content (AvgIpc) is 2.31. The Bertz CT molecular complexity index is 156. The fraction of sp³-hybridized carbons (Fsp3) is 0.750. The van der Waals surface area contributed by atoms with Gasteiger partial charge in [-0.1, -0.05) is 5.92 Å². The van der Waals surface area contributed by atoms with Crippen molar-refractivity contribution in [2.75, 3.05) is 19.6 Å². The lowest BCUT2D eigenvalue weighted by Crippen LogP contribution is -2.22. The highest BCUT2D eigenvalue weighted by molar-refractivity contribution is 4.98. The highest BCUT2D eigenvalue weighted by atomic mass is 16.3. The van der Waals surface area contributed by atoms with E-state index in [1.807, 2.05) is 6.92 Å². The summed E-state index contributed by atoms with van der Waals surface area (Å²) < 4.78 is 0. The van der Waals surface area contributed by atoms with Gasteiger partial charge in [-0.2, -0.15) is 0 Å². The lowest BCUT2D eigenvalue weighted by molar-refractivity contribution is 0.180. The number of hydrogen-bond donors (Lipinski definition) is 1. The van der Waals surface area contributed by atoms with Crippen molar-refractivity contribution in [1.82, 2.24) is 4.90 Å². The van der Waals surface area contributed by atoms with Crippen molar-refractivity contribution < 1.29 is 5.11 Å². The van der Waals surface area contributed by atoms with E-state index in [0.717, 1.165) is 26.1 Å². The number of rotatable bonds is 1. The Morgan fingerprint density at radius 2 is 2.50 bits per heavy atom. The zero-order valence-corrected chi connectivity index (χ0v) is 6.30. The molecular weight excluding hydrogens is 126 g/mol. The molecule has 0 unspecified atom stereocenters. The molecule has 2 heteroatoms. The van der Waals surface area contributed by atoms with Crippen LogP contribution in [0.3, 0.4) is 0 Å². The molecule has 1 rings (SSSR count). The van der Waals surface area contributed by atoms with Crippen molar-refractivity contribution in [1.29, 1.82) is 0 Å². The van der Waals surface area contributed by atoms with Gasteiger partial charge in [-0.3, -0.25) is 4.90 Å². The molecule has 0 bridgehead atoms. The third-order valence-corrected chi connectivity index (χ3v) is 1.73. The van der Waals surface area contributed by atoms with Gasteiger partial charge in [0.25, 0.3) is 0 Å². The Morgan fingerprint density at radius 1 is 1.70 bits per heavy atom. The Kier molecular flexibility index (Phi) is 2.73. The third-order valence-electron chi connectivity index (χ3n) is 1.73. The molecule has 0 saturated carbocycles. The summed E-state index contributed by atoms with van der Waals surface area (Å²) in [6.07, 6.45) is 0.796. The van der Waals surface area contributed by atoms with E-state index >= 15 is 0 Å². The van der Waals surface area contributed by atoms with Gasteiger partial charge in [0.1, 0.15) is 0 Å². The van der Waals surface area contributed by atoms with E-state index in [9.17, 15) is 0 Å². The maximum Gasteiger partial charge on any atom is 0.0679 e. The smallest absolute Gasteiger partial charge is 0.0679 e. The van der Waals surface area contributed by atoms with Crippen LogP contribution >= 0.6 is 0 Å². The van der Waals surface area contributed by atoms with Gasteiger partial charge in [-0.05, 0) is 13.3 Å². The van der Waals surface area contributed by atoms with E-state index in [-0.39, 0.29) is 6.10 Å². The summed E-state index contributed by atoms with van der Waals surface area (Å²) in [5.74, 6) is 5.81. The molecule has 1 N–H and O–H groups in total. The van der Waals surface area contributed by atoms with Crippen LogP contribution in [0.15, 0.2) is 0 Å². The van der Waals surface area contributed by atoms with E-state index in [1.165, 1.54) is 0 Å². The monoisotopic (exact) mass is 139 g/mol. The number of aliphatic hydroxyl groups excluding tert-OH is 1. The van der Waals surface area contributed by atoms with E-state index in [0.29, 0.717) is 0 Å². The van der Waals surface area contributed by atoms with Gasteiger partial charge in [-0.15, -0.1) is 5.92 Å². The van der Waals surface area contributed by atoms with Crippen molar-refractivity contribution in [2.45, 2.75) is 19.4 Å². The second kappa shape index (κ2) is 3.60. The highest BCUT2D eigenvalue weighted by Gasteiger charge is 2.18. The van der Waals surface area contributed by atoms with Crippen molar-refractivity contribution in [3.63, 3.8) is 0 Å². The standard InChI is InChI=1S/C8H13NO/c1-2-3-5-9-6-4-8(10)7-9/h8,10H,4-7H2,1H3/t8-/m0/s1. The average molecular weight is 139 g/mol. The molecular formula is C8H13NO. The topological polar surface area (TPSA) is 23.5 Å². The molecule has 0 aromatic rings. The SMILES string of the molecule is CC#CCN1CC[C@H](O)C1. The molecule has 1 saturated heterocycles. The summed E-state index contributed by atoms with van der Waals surface area (Å²) in [7, 11) is 0. The molecule has 0 aromatic carbocycles. The number of β-amino-alcohol motifs (C(OH)–C–C–N with tert-alkyl or cyclic N) is 1. The normalized spacial score (nSPS) is 26.0. The zero-order chi connectivity index (χ0) is 7.40. The first-order valence-electron chi connectivity index (χ1n) is 3.63. The first kappa shape index (κ1) is 7.59. The van der Waals surface area contributed by atoms with Gasteiger partial charge in [0.15, 0.2) is 0 Å². The summed E-state index contributed by atoms with van der Waals surface area (Å²) in [6, 6.07) is 0. The molecule has 56 valence electrons. The highest BCUT2D eigenvalue weighted by Crippen LogP contribution is 2.06. The van der Waals surface area contributed by atoms with Gasteiger partial charge in [-0.25, -0.2) is 0 Å². The minimum Gasteiger partial charge on any atom is -0.392 e. The molecule has 1 aliphatic heterocycles. The number of aliphatic hydroxyl groups is 1. The maximum atomic E-state index is 9.11. The van der Waals surface area contributed by atoms with Gasteiger partial charge >= 0.3 is 0 Å². The van der Waals surface area contributed by atoms with Crippen LogP contribution < -0.4 is 0 Å². The molecule has 0 spiro atoms. The van der Waals surface area contributed by atoms with E-state index in [1.54, 1.807) is 0 Å². The molecule has 1 atom stereocenters. The Morgan fingerprint density at radius 3 is 3.00 bits per heavy atom. The summed E-state index contributed by atoms with van der Waals surface area (Å²) >= 11 is 0. The van der Waals surface area contributed by atoms with Crippen LogP contribution in [0, 0.1) is 11.8 Å². The molecule has 1 heterocycles. The fourth-order valence-electron chi connectivity index (χ4n) is 1.15. The van der Waals surface area contributed by atoms with Gasteiger partial charge < -0.3 is 5.11 Å². The van der Waals surface area contributed by atoms with Crippen LogP contribution in [-0.2, 0) is 0 Å². The molecule has 0 radical (unpaired) electrons. The van der Waals surface area contributed by atoms with Crippen LogP contribution in [0.1, 0.15) is 13.3 Å². The Labute approximate surface area is 61.8 Å². The first-order valence-corrected chi connectivity index (χ1v) is 3.63. The van der Waals surface area contributed by atoms with Crippen LogP contribution in [-0.4, -0.2) is 35.7 Å². The minimum atomic E-state index is -0.112. The van der Waals surface area contributed by atoms with Crippen LogP contribution in [0.5, 0.6) is 0 Å². The summed E-state index contributed by atoms with van der Waals surface area (Å²) in [5.41, 5.74) is 0. The van der Waals surface area contributed by atoms with Crippen LogP contribution in [0.2, 0.25) is 0 Å². The second-order valence-corrected chi connectivity index (χ2v) is 2.60. The lowest BCUT2D eigenvalue weighted by Gasteiger charge is -2.08. The largest absolute Gasteiger partial charge is 0.392 e. The van der Waals surface area contributed by atoms with Crippen molar-refractivity contribution in [2.24, 2.45) is 0 Å². The number of hydrogen-bond acceptors (Lipinski definition) is 2. The van der Waals surface area contributed by atoms with Crippen molar-refractivity contribution >= 4 is 0 Å². The molecule has 1 aliphatic rings. The zero-order valence-electron chi connectivity index (χ0n) is 6.30. The predicted octanol–water partition coefficient (Wildman–Crippen LogP) is 0.0763. The quantitative estimate of drug-likeness (QED) is 0.520. The van der Waals surface area contributed by atoms with Gasteiger partial charge in [0, 0.05) is 13.1 Å². The van der Waals surface area contributed by atoms with Crippen LogP contribution in [0.4, 0.5) is 0 Å². The fourth-order valence-corrected chi connectivity index (χ4v) is 1.15. The molecule has 0 aromatic heterocycles. The molecule has 1 fully saturated rings. The Hall–Kier alpha value is -0.520. The van der Waals surface area contributed by atoms with Gasteiger partial charge in [0.05, 0.1) is 12.6 Å². The van der Waals surface area contributed by atoms with Crippen molar-refractivity contribution in [3.05, 3.63) is 0 Å². The summed E-state index contributed by atoms with van der Waals surface area (Å²) in [4.78, 5) is 2.17. The minimum absolute atomic E-state index is 0.112. The van der Waals surface area contributed by atoms with E-state index in [4.69, 9.17) is 5.11 Å². The number of nitrogens with zero attached hydrogens (tertiary/aromatic N) is 1. The summed E-state index contributed by atoms with van der Waals surface area (Å²) in [5, 5.41) is 9.11.